The molecule has 0 spiro atoms. The fourth-order valence-electron chi connectivity index (χ4n) is 7.71. The number of ether oxygens (including phenoxy) is 1. The summed E-state index contributed by atoms with van der Waals surface area (Å²) in [5.74, 6) is -0.127. The number of hydrogen-bond acceptors (Lipinski definition) is 7. The molecule has 3 N–H and O–H groups in total. The van der Waals surface area contributed by atoms with E-state index in [0.29, 0.717) is 58.0 Å². The van der Waals surface area contributed by atoms with Gasteiger partial charge < -0.3 is 35.4 Å². The van der Waals surface area contributed by atoms with Gasteiger partial charge >= 0.3 is 12.1 Å². The third-order valence-corrected chi connectivity index (χ3v) is 10.7. The lowest BCUT2D eigenvalue weighted by molar-refractivity contribution is -0.142. The maximum Gasteiger partial charge on any atom is 0.410 e. The molecule has 11 heteroatoms. The number of para-hydroxylation sites is 1. The highest BCUT2D eigenvalue weighted by molar-refractivity contribution is 5.91. The summed E-state index contributed by atoms with van der Waals surface area (Å²) in [5, 5.41) is 3.06. The van der Waals surface area contributed by atoms with Crippen LogP contribution < -0.4 is 11.1 Å². The molecule has 1 atom stereocenters. The fourth-order valence-corrected chi connectivity index (χ4v) is 7.71. The van der Waals surface area contributed by atoms with Gasteiger partial charge in [0.25, 0.3) is 5.91 Å². The fraction of sp³-hybridized carbons (Fsp3) is 0.583. The Kier molecular flexibility index (Phi) is 10.2. The van der Waals surface area contributed by atoms with E-state index < -0.39 is 12.2 Å². The zero-order valence-corrected chi connectivity index (χ0v) is 28.2. The number of amides is 4. The minimum atomic E-state index is -0.919. The van der Waals surface area contributed by atoms with Gasteiger partial charge in [0.05, 0.1) is 0 Å². The Morgan fingerprint density at radius 1 is 0.872 bits per heavy atom. The molecule has 4 aliphatic rings. The van der Waals surface area contributed by atoms with Crippen LogP contribution in [0.2, 0.25) is 0 Å². The minimum Gasteiger partial charge on any atom is -0.436 e. The van der Waals surface area contributed by atoms with Gasteiger partial charge in [-0.05, 0) is 81.3 Å². The molecule has 3 fully saturated rings. The van der Waals surface area contributed by atoms with Crippen molar-refractivity contribution < 1.29 is 19.1 Å². The number of fused-ring (bicyclic) bond motifs is 1. The van der Waals surface area contributed by atoms with Crippen LogP contribution in [0, 0.1) is 13.8 Å². The molecule has 11 nitrogen and oxygen atoms in total. The van der Waals surface area contributed by atoms with E-state index in [0.717, 1.165) is 79.1 Å². The molecule has 0 bridgehead atoms. The van der Waals surface area contributed by atoms with E-state index in [9.17, 15) is 14.4 Å². The normalized spacial score (nSPS) is 21.2. The number of likely N-dealkylation sites (tertiary alicyclic amines) is 2. The number of nitrogen functional groups attached to an aromatic ring is 1. The van der Waals surface area contributed by atoms with Crippen LogP contribution in [0.1, 0.15) is 47.9 Å². The summed E-state index contributed by atoms with van der Waals surface area (Å²) in [6, 6.07) is 12.3. The average Bonchev–Trinajstić information content (AvgIpc) is 3.25. The number of carbonyl (C=O) groups excluding carboxylic acids is 3. The summed E-state index contributed by atoms with van der Waals surface area (Å²) >= 11 is 0. The molecule has 0 saturated carbocycles. The molecular weight excluding hydrogens is 594 g/mol. The summed E-state index contributed by atoms with van der Waals surface area (Å²) < 4.78 is 6.09. The van der Waals surface area contributed by atoms with Crippen molar-refractivity contribution in [2.75, 3.05) is 77.0 Å². The predicted molar refractivity (Wildman–Crippen MR) is 183 cm³/mol. The van der Waals surface area contributed by atoms with E-state index in [2.05, 4.69) is 28.2 Å². The van der Waals surface area contributed by atoms with Gasteiger partial charge in [0.15, 0.2) is 6.10 Å². The van der Waals surface area contributed by atoms with Crippen LogP contribution in [-0.4, -0.2) is 127 Å². The summed E-state index contributed by atoms with van der Waals surface area (Å²) in [6.07, 6.45) is 2.88. The smallest absolute Gasteiger partial charge is 0.410 e. The first-order valence-corrected chi connectivity index (χ1v) is 17.3. The third kappa shape index (κ3) is 7.67. The van der Waals surface area contributed by atoms with E-state index >= 15 is 0 Å². The Balaban J connectivity index is 1.08. The first-order chi connectivity index (χ1) is 22.7. The Hall–Kier alpha value is -3.83. The number of rotatable bonds is 6. The number of aryl methyl sites for hydroxylation is 2. The van der Waals surface area contributed by atoms with Crippen LogP contribution in [0.25, 0.3) is 0 Å². The first-order valence-electron chi connectivity index (χ1n) is 17.3. The lowest BCUT2D eigenvalue weighted by Gasteiger charge is -2.42. The standard InChI is InChI=1S/C36H51N7O4/c1-25-22-27(23-26(2)33(25)37)24-32(34(44)41-13-9-29(10-14-41)40-20-18-39(3)19-21-40)47-36(46)42-15-11-30(12-16-42)43-17-8-28-6-4-5-7-31(28)38-35(43)45/h4-7,22-23,29-30,32H,8-21,24,37H2,1-3H3,(H,38,45). The van der Waals surface area contributed by atoms with Gasteiger partial charge in [-0.25, -0.2) is 9.59 Å². The SMILES string of the molecule is Cc1cc(CC(OC(=O)N2CCC(N3CCc4ccccc4NC3=O)CC2)C(=O)N2CCC(N3CCN(C)CC3)CC2)cc(C)c1N. The van der Waals surface area contributed by atoms with Crippen LogP contribution in [0.4, 0.5) is 21.0 Å². The van der Waals surface area contributed by atoms with E-state index in [1.54, 1.807) is 4.90 Å². The van der Waals surface area contributed by atoms with Gasteiger partial charge in [0.1, 0.15) is 0 Å². The van der Waals surface area contributed by atoms with E-state index in [1.165, 1.54) is 0 Å². The number of anilines is 2. The van der Waals surface area contributed by atoms with Crippen molar-refractivity contribution in [3.05, 3.63) is 58.7 Å². The second kappa shape index (κ2) is 14.5. The summed E-state index contributed by atoms with van der Waals surface area (Å²) in [5.41, 5.74) is 11.8. The van der Waals surface area contributed by atoms with Crippen LogP contribution in [0.3, 0.4) is 0 Å². The number of benzene rings is 2. The van der Waals surface area contributed by atoms with Crippen molar-refractivity contribution in [1.82, 2.24) is 24.5 Å². The first kappa shape index (κ1) is 33.1. The van der Waals surface area contributed by atoms with E-state index in [1.807, 2.05) is 54.0 Å². The van der Waals surface area contributed by atoms with Gasteiger partial charge in [-0.2, -0.15) is 0 Å². The highest BCUT2D eigenvalue weighted by Gasteiger charge is 2.36. The monoisotopic (exact) mass is 645 g/mol. The highest BCUT2D eigenvalue weighted by Crippen LogP contribution is 2.26. The quantitative estimate of drug-likeness (QED) is 0.461. The molecule has 0 aliphatic carbocycles. The number of nitrogens with zero attached hydrogens (tertiary/aromatic N) is 5. The Labute approximate surface area is 279 Å². The van der Waals surface area contributed by atoms with Gasteiger partial charge in [-0.1, -0.05) is 30.3 Å². The molecule has 6 rings (SSSR count). The molecule has 0 radical (unpaired) electrons. The van der Waals surface area contributed by atoms with E-state index in [4.69, 9.17) is 10.5 Å². The number of likely N-dealkylation sites (N-methyl/N-ethyl adjacent to an activating group) is 1. The summed E-state index contributed by atoms with van der Waals surface area (Å²) in [7, 11) is 2.17. The van der Waals surface area contributed by atoms with Crippen molar-refractivity contribution in [3.63, 3.8) is 0 Å². The number of nitrogens with one attached hydrogen (secondary N) is 1. The third-order valence-electron chi connectivity index (χ3n) is 10.7. The Bertz CT molecular complexity index is 1420. The second-order valence-corrected chi connectivity index (χ2v) is 13.9. The molecule has 3 saturated heterocycles. The average molecular weight is 646 g/mol. The molecule has 1 unspecified atom stereocenters. The molecule has 2 aromatic rings. The largest absolute Gasteiger partial charge is 0.436 e. The van der Waals surface area contributed by atoms with Gasteiger partial charge in [0, 0.05) is 88.8 Å². The molecule has 0 aromatic heterocycles. The van der Waals surface area contributed by atoms with Crippen molar-refractivity contribution in [3.8, 4) is 0 Å². The molecule has 4 heterocycles. The van der Waals surface area contributed by atoms with Crippen molar-refractivity contribution >= 4 is 29.4 Å². The topological polar surface area (TPSA) is 115 Å². The van der Waals surface area contributed by atoms with Crippen LogP contribution in [0.15, 0.2) is 36.4 Å². The molecule has 4 amide bonds. The highest BCUT2D eigenvalue weighted by atomic mass is 16.6. The predicted octanol–water partition coefficient (Wildman–Crippen LogP) is 3.73. The number of urea groups is 1. The van der Waals surface area contributed by atoms with Gasteiger partial charge in [0.2, 0.25) is 0 Å². The number of piperidine rings is 2. The molecule has 4 aliphatic heterocycles. The maximum atomic E-state index is 14.0. The van der Waals surface area contributed by atoms with Crippen LogP contribution in [-0.2, 0) is 22.4 Å². The number of carbonyl (C=O) groups is 3. The molecule has 2 aromatic carbocycles. The lowest BCUT2D eigenvalue weighted by Crippen LogP contribution is -2.54. The molecular formula is C36H51N7O4. The zero-order chi connectivity index (χ0) is 33.1. The number of piperazine rings is 1. The van der Waals surface area contributed by atoms with Crippen LogP contribution in [0.5, 0.6) is 0 Å². The number of nitrogens with two attached hydrogens (primary N) is 1. The molecule has 47 heavy (non-hydrogen) atoms. The Morgan fingerprint density at radius 2 is 1.49 bits per heavy atom. The zero-order valence-electron chi connectivity index (χ0n) is 28.2. The number of hydrogen-bond donors (Lipinski definition) is 2. The second-order valence-electron chi connectivity index (χ2n) is 13.9. The lowest BCUT2D eigenvalue weighted by atomic mass is 9.98. The maximum absolute atomic E-state index is 14.0. The summed E-state index contributed by atoms with van der Waals surface area (Å²) in [6.45, 7) is 11.1. The molecule has 254 valence electrons. The van der Waals surface area contributed by atoms with E-state index in [-0.39, 0.29) is 18.0 Å². The van der Waals surface area contributed by atoms with Gasteiger partial charge in [-0.3, -0.25) is 9.69 Å². The van der Waals surface area contributed by atoms with Crippen LogP contribution >= 0.6 is 0 Å². The van der Waals surface area contributed by atoms with Gasteiger partial charge in [-0.15, -0.1) is 0 Å². The van der Waals surface area contributed by atoms with Crippen molar-refractivity contribution in [2.24, 2.45) is 0 Å². The van der Waals surface area contributed by atoms with Crippen molar-refractivity contribution in [1.29, 1.82) is 0 Å². The van der Waals surface area contributed by atoms with Crippen molar-refractivity contribution in [2.45, 2.75) is 70.6 Å². The minimum absolute atomic E-state index is 0.0353. The Morgan fingerprint density at radius 3 is 2.17 bits per heavy atom. The summed E-state index contributed by atoms with van der Waals surface area (Å²) in [4.78, 5) is 51.2.